The fourth-order valence-electron chi connectivity index (χ4n) is 1.39. The maximum absolute atomic E-state index is 13.3. The molecule has 1 rings (SSSR count). The molecule has 0 aromatic heterocycles. The molecule has 0 spiro atoms. The van der Waals surface area contributed by atoms with Gasteiger partial charge in [-0.2, -0.15) is 30.7 Å². The normalized spacial score (nSPS) is 14.5. The fourth-order valence-corrected chi connectivity index (χ4v) is 1.39. The number of ether oxygens (including phenoxy) is 1. The highest BCUT2D eigenvalue weighted by molar-refractivity contribution is 5.79. The molecule has 2 nitrogen and oxygen atoms in total. The first-order valence-electron chi connectivity index (χ1n) is 5.60. The minimum atomic E-state index is -5.75. The van der Waals surface area contributed by atoms with Crippen LogP contribution in [0.1, 0.15) is 16.8 Å². The van der Waals surface area contributed by atoms with Crippen LogP contribution in [0.25, 0.3) is 0 Å². The van der Waals surface area contributed by atoms with Crippen LogP contribution in [-0.4, -0.2) is 30.7 Å². The fraction of sp³-hybridized carbons (Fsp3) is 0.417. The minimum absolute atomic E-state index is 0.00615. The predicted molar refractivity (Wildman–Crippen MR) is 57.9 cm³/mol. The van der Waals surface area contributed by atoms with Crippen molar-refractivity contribution in [3.63, 3.8) is 0 Å². The lowest BCUT2D eigenvalue weighted by molar-refractivity contribution is -0.334. The summed E-state index contributed by atoms with van der Waals surface area (Å²) >= 11 is 0. The molecule has 0 aliphatic heterocycles. The third kappa shape index (κ3) is 4.08. The van der Waals surface area contributed by atoms with E-state index in [9.17, 15) is 39.9 Å². The molecule has 0 aliphatic carbocycles. The average Bonchev–Trinajstić information content (AvgIpc) is 2.36. The Morgan fingerprint density at radius 3 is 2.09 bits per heavy atom. The van der Waals surface area contributed by atoms with Crippen molar-refractivity contribution in [1.29, 1.82) is 0 Å². The van der Waals surface area contributed by atoms with Crippen molar-refractivity contribution in [3.8, 4) is 5.75 Å². The van der Waals surface area contributed by atoms with Crippen LogP contribution in [0.2, 0.25) is 0 Å². The second-order valence-corrected chi connectivity index (χ2v) is 4.18. The average molecular weight is 336 g/mol. The molecule has 124 valence electrons. The maximum Gasteiger partial charge on any atom is 0.467 e. The van der Waals surface area contributed by atoms with E-state index in [-0.39, 0.29) is 6.29 Å². The Hall–Kier alpha value is -1.87. The zero-order chi connectivity index (χ0) is 17.2. The Morgan fingerprint density at radius 1 is 1.05 bits per heavy atom. The molecule has 0 radical (unpaired) electrons. The van der Waals surface area contributed by atoms with Crippen LogP contribution >= 0.6 is 0 Å². The van der Waals surface area contributed by atoms with Gasteiger partial charge in [-0.05, 0) is 12.1 Å². The third-order valence-electron chi connectivity index (χ3n) is 2.48. The molecule has 0 aliphatic rings. The van der Waals surface area contributed by atoms with Gasteiger partial charge in [0.1, 0.15) is 5.75 Å². The van der Waals surface area contributed by atoms with Crippen molar-refractivity contribution in [3.05, 3.63) is 29.8 Å². The van der Waals surface area contributed by atoms with Gasteiger partial charge in [0.05, 0.1) is 12.0 Å². The smallest absolute Gasteiger partial charge is 0.427 e. The zero-order valence-corrected chi connectivity index (χ0v) is 10.5. The van der Waals surface area contributed by atoms with Gasteiger partial charge in [-0.15, -0.1) is 0 Å². The number of hydrogen-bond donors (Lipinski definition) is 0. The number of rotatable bonds is 6. The summed E-state index contributed by atoms with van der Waals surface area (Å²) in [7, 11) is 0. The summed E-state index contributed by atoms with van der Waals surface area (Å²) in [5, 5.41) is 0. The van der Waals surface area contributed by atoms with Gasteiger partial charge < -0.3 is 4.74 Å². The van der Waals surface area contributed by atoms with Crippen molar-refractivity contribution >= 4 is 6.29 Å². The summed E-state index contributed by atoms with van der Waals surface area (Å²) in [6, 6.07) is 3.91. The summed E-state index contributed by atoms with van der Waals surface area (Å²) < 4.78 is 105. The number of benzene rings is 1. The Labute approximate surface area is 118 Å². The van der Waals surface area contributed by atoms with Crippen molar-refractivity contribution in [1.82, 2.24) is 0 Å². The van der Waals surface area contributed by atoms with E-state index in [0.29, 0.717) is 6.07 Å². The highest BCUT2D eigenvalue weighted by atomic mass is 19.4. The third-order valence-corrected chi connectivity index (χ3v) is 2.48. The van der Waals surface area contributed by atoms with E-state index in [0.717, 1.165) is 12.1 Å². The second kappa shape index (κ2) is 6.09. The number of aldehydes is 1. The van der Waals surface area contributed by atoms with Crippen LogP contribution in [-0.2, 0) is 0 Å². The van der Waals surface area contributed by atoms with Crippen LogP contribution in [0.5, 0.6) is 5.75 Å². The first-order valence-corrected chi connectivity index (χ1v) is 5.60. The van der Waals surface area contributed by atoms with Gasteiger partial charge in [-0.3, -0.25) is 4.79 Å². The Kier molecular flexibility index (Phi) is 5.03. The molecule has 0 fully saturated rings. The lowest BCUT2D eigenvalue weighted by atomic mass is 10.1. The lowest BCUT2D eigenvalue weighted by Crippen LogP contribution is -2.52. The standard InChI is InChI=1S/C12H8F8O2/c13-9(5-10(14,15)16)11(17,18)12(19,20)22-8-4-2-1-3-7(8)6-21/h1-4,6,9H,5H2. The van der Waals surface area contributed by atoms with E-state index in [1.807, 2.05) is 0 Å². The first-order chi connectivity index (χ1) is 9.90. The molecular weight excluding hydrogens is 328 g/mol. The molecular formula is C12H8F8O2. The number of hydrogen-bond acceptors (Lipinski definition) is 2. The first kappa shape index (κ1) is 18.2. The molecule has 0 amide bonds. The monoisotopic (exact) mass is 336 g/mol. The highest BCUT2D eigenvalue weighted by Gasteiger charge is 2.66. The molecule has 1 atom stereocenters. The van der Waals surface area contributed by atoms with Crippen LogP contribution in [0.3, 0.4) is 0 Å². The van der Waals surface area contributed by atoms with Crippen molar-refractivity contribution < 1.29 is 44.7 Å². The van der Waals surface area contributed by atoms with Gasteiger partial charge >= 0.3 is 18.2 Å². The molecule has 10 heteroatoms. The van der Waals surface area contributed by atoms with Gasteiger partial charge in [0.15, 0.2) is 12.5 Å². The molecule has 1 aromatic rings. The number of alkyl halides is 8. The Balaban J connectivity index is 3.03. The maximum atomic E-state index is 13.3. The number of carbonyl (C=O) groups is 1. The van der Waals surface area contributed by atoms with Gasteiger partial charge in [0.25, 0.3) is 0 Å². The van der Waals surface area contributed by atoms with E-state index < -0.39 is 42.1 Å². The minimum Gasteiger partial charge on any atom is -0.427 e. The van der Waals surface area contributed by atoms with Gasteiger partial charge in [0.2, 0.25) is 0 Å². The Bertz CT molecular complexity index is 526. The summed E-state index contributed by atoms with van der Waals surface area (Å²) in [4.78, 5) is 10.5. The molecule has 1 aromatic carbocycles. The highest BCUT2D eigenvalue weighted by Crippen LogP contribution is 2.43. The predicted octanol–water partition coefficient (Wildman–Crippen LogP) is 4.40. The molecule has 0 saturated carbocycles. The summed E-state index contributed by atoms with van der Waals surface area (Å²) in [5.41, 5.74) is -0.552. The lowest BCUT2D eigenvalue weighted by Gasteiger charge is -2.29. The molecule has 1 unspecified atom stereocenters. The molecule has 22 heavy (non-hydrogen) atoms. The van der Waals surface area contributed by atoms with Crippen LogP contribution in [0.15, 0.2) is 24.3 Å². The summed E-state index contributed by atoms with van der Waals surface area (Å²) in [5.74, 6) is -6.76. The van der Waals surface area contributed by atoms with Crippen LogP contribution < -0.4 is 4.74 Å². The summed E-state index contributed by atoms with van der Waals surface area (Å²) in [6.07, 6.45) is -18.0. The topological polar surface area (TPSA) is 26.3 Å². The molecule has 0 N–H and O–H groups in total. The number of carbonyl (C=O) groups excluding carboxylic acids is 1. The van der Waals surface area contributed by atoms with Crippen molar-refractivity contribution in [2.75, 3.05) is 0 Å². The van der Waals surface area contributed by atoms with Gasteiger partial charge in [-0.1, -0.05) is 12.1 Å². The van der Waals surface area contributed by atoms with E-state index in [4.69, 9.17) is 0 Å². The van der Waals surface area contributed by atoms with E-state index in [2.05, 4.69) is 4.74 Å². The SMILES string of the molecule is O=Cc1ccccc1OC(F)(F)C(F)(F)C(F)CC(F)(F)F. The number of halogens is 8. The Morgan fingerprint density at radius 2 is 1.59 bits per heavy atom. The van der Waals surface area contributed by atoms with Crippen molar-refractivity contribution in [2.24, 2.45) is 0 Å². The van der Waals surface area contributed by atoms with Gasteiger partial charge in [-0.25, -0.2) is 4.39 Å². The quantitative estimate of drug-likeness (QED) is 0.569. The van der Waals surface area contributed by atoms with Crippen LogP contribution in [0, 0.1) is 0 Å². The zero-order valence-electron chi connectivity index (χ0n) is 10.5. The van der Waals surface area contributed by atoms with Crippen molar-refractivity contribution in [2.45, 2.75) is 30.8 Å². The van der Waals surface area contributed by atoms with E-state index in [1.54, 1.807) is 0 Å². The second-order valence-electron chi connectivity index (χ2n) is 4.18. The van der Waals surface area contributed by atoms with Gasteiger partial charge in [0, 0.05) is 0 Å². The summed E-state index contributed by atoms with van der Waals surface area (Å²) in [6.45, 7) is 0. The van der Waals surface area contributed by atoms with E-state index in [1.165, 1.54) is 6.07 Å². The molecule has 0 bridgehead atoms. The molecule has 0 saturated heterocycles. The van der Waals surface area contributed by atoms with Crippen LogP contribution in [0.4, 0.5) is 35.1 Å². The van der Waals surface area contributed by atoms with E-state index >= 15 is 0 Å². The largest absolute Gasteiger partial charge is 0.467 e. The molecule has 0 heterocycles. The number of para-hydroxylation sites is 1.